The molecule has 168 valence electrons. The van der Waals surface area contributed by atoms with Gasteiger partial charge in [-0.3, -0.25) is 9.52 Å². The fourth-order valence-corrected chi connectivity index (χ4v) is 5.39. The number of nitrogens with zero attached hydrogens (tertiary/aromatic N) is 2. The van der Waals surface area contributed by atoms with Gasteiger partial charge in [-0.1, -0.05) is 23.8 Å². The summed E-state index contributed by atoms with van der Waals surface area (Å²) in [5, 5.41) is 0. The molecule has 0 saturated carbocycles. The van der Waals surface area contributed by atoms with Gasteiger partial charge >= 0.3 is 0 Å². The van der Waals surface area contributed by atoms with Crippen molar-refractivity contribution < 1.29 is 21.6 Å². The molecule has 0 bridgehead atoms. The summed E-state index contributed by atoms with van der Waals surface area (Å²) in [5.74, 6) is -0.305. The number of anilines is 1. The maximum Gasteiger partial charge on any atom is 0.261 e. The fraction of sp³-hybridized carbons (Fsp3) is 0.381. The van der Waals surface area contributed by atoms with Crippen LogP contribution in [0.15, 0.2) is 47.4 Å². The van der Waals surface area contributed by atoms with Crippen LogP contribution in [0.4, 0.5) is 5.69 Å². The summed E-state index contributed by atoms with van der Waals surface area (Å²) in [5.41, 5.74) is 2.40. The Labute approximate surface area is 184 Å². The Hall–Kier alpha value is -2.43. The fourth-order valence-electron chi connectivity index (χ4n) is 3.43. The second-order valence-corrected chi connectivity index (χ2v) is 11.4. The molecule has 1 N–H and O–H groups in total. The van der Waals surface area contributed by atoms with Crippen LogP contribution in [0.1, 0.15) is 27.9 Å². The Morgan fingerprint density at radius 3 is 2.23 bits per heavy atom. The van der Waals surface area contributed by atoms with Crippen LogP contribution in [-0.4, -0.2) is 64.4 Å². The van der Waals surface area contributed by atoms with Crippen LogP contribution in [0.2, 0.25) is 0 Å². The number of amides is 1. The third kappa shape index (κ3) is 5.63. The molecule has 2 aromatic carbocycles. The molecule has 3 rings (SSSR count). The normalized spacial score (nSPS) is 16.0. The molecule has 1 aliphatic heterocycles. The Kier molecular flexibility index (Phi) is 6.73. The minimum atomic E-state index is -3.87. The average Bonchev–Trinajstić information content (AvgIpc) is 2.96. The van der Waals surface area contributed by atoms with Crippen molar-refractivity contribution in [3.63, 3.8) is 0 Å². The van der Waals surface area contributed by atoms with Gasteiger partial charge in [0.1, 0.15) is 0 Å². The molecule has 10 heteroatoms. The molecule has 1 fully saturated rings. The van der Waals surface area contributed by atoms with Crippen LogP contribution in [0.3, 0.4) is 0 Å². The van der Waals surface area contributed by atoms with Crippen LogP contribution in [-0.2, 0) is 20.0 Å². The highest BCUT2D eigenvalue weighted by Gasteiger charge is 2.26. The quantitative estimate of drug-likeness (QED) is 0.729. The van der Waals surface area contributed by atoms with Gasteiger partial charge < -0.3 is 4.90 Å². The summed E-state index contributed by atoms with van der Waals surface area (Å²) in [6.45, 7) is 4.89. The first-order chi connectivity index (χ1) is 14.5. The van der Waals surface area contributed by atoms with Crippen molar-refractivity contribution in [1.82, 2.24) is 9.21 Å². The average molecular weight is 466 g/mol. The molecule has 1 aliphatic rings. The van der Waals surface area contributed by atoms with Crippen molar-refractivity contribution in [1.29, 1.82) is 0 Å². The number of carbonyl (C=O) groups is 1. The predicted molar refractivity (Wildman–Crippen MR) is 120 cm³/mol. The highest BCUT2D eigenvalue weighted by molar-refractivity contribution is 7.92. The summed E-state index contributed by atoms with van der Waals surface area (Å²) < 4.78 is 53.2. The molecule has 31 heavy (non-hydrogen) atoms. The van der Waals surface area contributed by atoms with Gasteiger partial charge in [0.2, 0.25) is 10.0 Å². The van der Waals surface area contributed by atoms with Gasteiger partial charge in [0, 0.05) is 37.4 Å². The Morgan fingerprint density at radius 1 is 0.903 bits per heavy atom. The molecule has 0 spiro atoms. The molecule has 0 aromatic heterocycles. The summed E-state index contributed by atoms with van der Waals surface area (Å²) in [6, 6.07) is 11.4. The van der Waals surface area contributed by atoms with Gasteiger partial charge in [0.05, 0.1) is 11.2 Å². The number of carbonyl (C=O) groups excluding carboxylic acids is 1. The molecule has 0 unspecified atom stereocenters. The first-order valence-electron chi connectivity index (χ1n) is 9.92. The molecule has 1 amide bonds. The lowest BCUT2D eigenvalue weighted by Crippen LogP contribution is -2.37. The minimum absolute atomic E-state index is 0.00499. The molecule has 8 nitrogen and oxygen atoms in total. The number of benzene rings is 2. The molecule has 0 atom stereocenters. The second-order valence-electron chi connectivity index (χ2n) is 7.76. The van der Waals surface area contributed by atoms with Crippen molar-refractivity contribution in [3.05, 3.63) is 59.2 Å². The van der Waals surface area contributed by atoms with Crippen molar-refractivity contribution >= 4 is 31.6 Å². The van der Waals surface area contributed by atoms with Crippen LogP contribution in [0.5, 0.6) is 0 Å². The second kappa shape index (κ2) is 8.97. The summed E-state index contributed by atoms with van der Waals surface area (Å²) >= 11 is 0. The number of hydrogen-bond donors (Lipinski definition) is 1. The van der Waals surface area contributed by atoms with Crippen LogP contribution >= 0.6 is 0 Å². The Balaban J connectivity index is 1.83. The summed E-state index contributed by atoms with van der Waals surface area (Å²) in [4.78, 5) is 14.7. The van der Waals surface area contributed by atoms with E-state index in [0.29, 0.717) is 36.3 Å². The molecular weight excluding hydrogens is 438 g/mol. The van der Waals surface area contributed by atoms with Gasteiger partial charge in [0.25, 0.3) is 15.9 Å². The zero-order chi connectivity index (χ0) is 22.8. The van der Waals surface area contributed by atoms with E-state index in [-0.39, 0.29) is 23.9 Å². The van der Waals surface area contributed by atoms with Crippen molar-refractivity contribution in [2.24, 2.45) is 0 Å². The monoisotopic (exact) mass is 465 g/mol. The van der Waals surface area contributed by atoms with Crippen molar-refractivity contribution in [2.75, 3.05) is 37.2 Å². The van der Waals surface area contributed by atoms with E-state index in [9.17, 15) is 21.6 Å². The smallest absolute Gasteiger partial charge is 0.261 e. The van der Waals surface area contributed by atoms with Gasteiger partial charge in [-0.2, -0.15) is 0 Å². The topological polar surface area (TPSA) is 104 Å². The number of sulfonamides is 2. The maximum absolute atomic E-state index is 13.1. The lowest BCUT2D eigenvalue weighted by Gasteiger charge is -2.22. The lowest BCUT2D eigenvalue weighted by molar-refractivity contribution is 0.0763. The van der Waals surface area contributed by atoms with Gasteiger partial charge in [-0.25, -0.2) is 21.1 Å². The van der Waals surface area contributed by atoms with Gasteiger partial charge in [-0.15, -0.1) is 0 Å². The van der Waals surface area contributed by atoms with E-state index in [4.69, 9.17) is 0 Å². The minimum Gasteiger partial charge on any atom is -0.337 e. The van der Waals surface area contributed by atoms with Crippen molar-refractivity contribution in [2.45, 2.75) is 25.2 Å². The van der Waals surface area contributed by atoms with Crippen LogP contribution in [0.25, 0.3) is 0 Å². The van der Waals surface area contributed by atoms with Crippen molar-refractivity contribution in [3.8, 4) is 0 Å². The van der Waals surface area contributed by atoms with E-state index in [0.717, 1.165) is 11.8 Å². The third-order valence-electron chi connectivity index (χ3n) is 5.26. The lowest BCUT2D eigenvalue weighted by atomic mass is 10.1. The zero-order valence-corrected chi connectivity index (χ0v) is 19.5. The number of rotatable bonds is 5. The van der Waals surface area contributed by atoms with Crippen LogP contribution in [0, 0.1) is 13.8 Å². The van der Waals surface area contributed by atoms with Gasteiger partial charge in [-0.05, 0) is 50.1 Å². The number of aryl methyl sites for hydroxylation is 2. The van der Waals surface area contributed by atoms with Gasteiger partial charge in [0.15, 0.2) is 0 Å². The largest absolute Gasteiger partial charge is 0.337 e. The maximum atomic E-state index is 13.1. The van der Waals surface area contributed by atoms with Crippen LogP contribution < -0.4 is 4.72 Å². The Bertz CT molecular complexity index is 1180. The van der Waals surface area contributed by atoms with E-state index < -0.39 is 20.0 Å². The number of hydrogen-bond acceptors (Lipinski definition) is 5. The van der Waals surface area contributed by atoms with E-state index in [1.54, 1.807) is 42.2 Å². The first-order valence-corrected chi connectivity index (χ1v) is 13.2. The summed E-state index contributed by atoms with van der Waals surface area (Å²) in [7, 11) is -7.20. The highest BCUT2D eigenvalue weighted by atomic mass is 32.2. The standard InChI is InChI=1S/C21H27N3O5S2/c1-16-5-8-18(9-6-16)22-31(28,29)19-10-7-17(2)20(15-19)21(25)23-11-4-12-24(14-13-23)30(3,26)27/h5-10,15,22H,4,11-14H2,1-3H3. The first kappa shape index (κ1) is 23.2. The van der Waals surface area contributed by atoms with E-state index in [1.807, 2.05) is 6.92 Å². The molecule has 1 heterocycles. The molecule has 1 saturated heterocycles. The van der Waals surface area contributed by atoms with E-state index in [1.165, 1.54) is 16.4 Å². The predicted octanol–water partition coefficient (Wildman–Crippen LogP) is 2.21. The highest BCUT2D eigenvalue weighted by Crippen LogP contribution is 2.21. The third-order valence-corrected chi connectivity index (χ3v) is 7.95. The SMILES string of the molecule is Cc1ccc(NS(=O)(=O)c2ccc(C)c(C(=O)N3CCCN(S(C)(=O)=O)CC3)c2)cc1. The Morgan fingerprint density at radius 2 is 1.58 bits per heavy atom. The molecule has 2 aromatic rings. The van der Waals surface area contributed by atoms with E-state index >= 15 is 0 Å². The zero-order valence-electron chi connectivity index (χ0n) is 17.8. The number of nitrogens with one attached hydrogen (secondary N) is 1. The molecule has 0 radical (unpaired) electrons. The molecular formula is C21H27N3O5S2. The van der Waals surface area contributed by atoms with E-state index in [2.05, 4.69) is 4.72 Å². The summed E-state index contributed by atoms with van der Waals surface area (Å²) in [6.07, 6.45) is 1.68. The molecule has 0 aliphatic carbocycles.